The van der Waals surface area contributed by atoms with Gasteiger partial charge in [0.25, 0.3) is 0 Å². The number of rotatable bonds is 16. The SMILES string of the molecule is CCCCOc1c(Br)c(OCCCC)c(OCCCC)c(Br)c1OCCCC. The maximum atomic E-state index is 6.11. The van der Waals surface area contributed by atoms with E-state index in [9.17, 15) is 0 Å². The third kappa shape index (κ3) is 8.02. The first-order chi connectivity index (χ1) is 13.6. The van der Waals surface area contributed by atoms with Gasteiger partial charge in [0.05, 0.1) is 26.4 Å². The summed E-state index contributed by atoms with van der Waals surface area (Å²) in [4.78, 5) is 0. The number of hydrogen-bond acceptors (Lipinski definition) is 4. The standard InChI is InChI=1S/C22H36Br2O4/c1-5-9-13-25-19-17(23)21(27-15-11-7-3)22(28-16-12-8-4)18(24)20(19)26-14-10-6-2/h5-16H2,1-4H3. The summed E-state index contributed by atoms with van der Waals surface area (Å²) in [5.41, 5.74) is 0. The number of halogens is 2. The molecule has 0 unspecified atom stereocenters. The first kappa shape index (κ1) is 25.4. The van der Waals surface area contributed by atoms with E-state index in [1.807, 2.05) is 0 Å². The van der Waals surface area contributed by atoms with Gasteiger partial charge in [0.15, 0.2) is 23.0 Å². The second-order valence-electron chi connectivity index (χ2n) is 6.75. The molecule has 0 aliphatic carbocycles. The third-order valence-corrected chi connectivity index (χ3v) is 5.63. The van der Waals surface area contributed by atoms with Gasteiger partial charge in [-0.3, -0.25) is 0 Å². The number of benzene rings is 1. The molecule has 0 bridgehead atoms. The van der Waals surface area contributed by atoms with Crippen LogP contribution in [0, 0.1) is 0 Å². The van der Waals surface area contributed by atoms with Gasteiger partial charge in [-0.2, -0.15) is 0 Å². The molecule has 0 atom stereocenters. The summed E-state index contributed by atoms with van der Waals surface area (Å²) >= 11 is 7.42. The lowest BCUT2D eigenvalue weighted by Gasteiger charge is -2.22. The Bertz CT molecular complexity index is 470. The highest BCUT2D eigenvalue weighted by atomic mass is 79.9. The predicted molar refractivity (Wildman–Crippen MR) is 123 cm³/mol. The summed E-state index contributed by atoms with van der Waals surface area (Å²) in [5, 5.41) is 0. The van der Waals surface area contributed by atoms with Crippen LogP contribution in [0.5, 0.6) is 23.0 Å². The van der Waals surface area contributed by atoms with Crippen LogP contribution in [0.25, 0.3) is 0 Å². The van der Waals surface area contributed by atoms with E-state index in [0.29, 0.717) is 49.4 Å². The van der Waals surface area contributed by atoms with Gasteiger partial charge in [-0.15, -0.1) is 0 Å². The van der Waals surface area contributed by atoms with Crippen LogP contribution >= 0.6 is 31.9 Å². The molecule has 0 N–H and O–H groups in total. The lowest BCUT2D eigenvalue weighted by atomic mass is 10.2. The highest BCUT2D eigenvalue weighted by Crippen LogP contribution is 2.54. The van der Waals surface area contributed by atoms with Gasteiger partial charge in [-0.1, -0.05) is 53.4 Å². The van der Waals surface area contributed by atoms with Gasteiger partial charge < -0.3 is 18.9 Å². The molecule has 162 valence electrons. The van der Waals surface area contributed by atoms with Crippen molar-refractivity contribution in [1.82, 2.24) is 0 Å². The average Bonchev–Trinajstić information content (AvgIpc) is 2.69. The second-order valence-corrected chi connectivity index (χ2v) is 8.34. The van der Waals surface area contributed by atoms with Crippen molar-refractivity contribution in [2.45, 2.75) is 79.1 Å². The fourth-order valence-corrected chi connectivity index (χ4v) is 3.57. The Balaban J connectivity index is 3.30. The summed E-state index contributed by atoms with van der Waals surface area (Å²) in [6.07, 6.45) is 8.23. The van der Waals surface area contributed by atoms with Crippen LogP contribution in [0.1, 0.15) is 79.1 Å². The number of unbranched alkanes of at least 4 members (excludes halogenated alkanes) is 4. The first-order valence-corrected chi connectivity index (χ1v) is 12.3. The van der Waals surface area contributed by atoms with Gasteiger partial charge in [0, 0.05) is 0 Å². The average molecular weight is 524 g/mol. The largest absolute Gasteiger partial charge is 0.488 e. The zero-order chi connectivity index (χ0) is 20.8. The van der Waals surface area contributed by atoms with Crippen LogP contribution in [0.4, 0.5) is 0 Å². The van der Waals surface area contributed by atoms with Crippen LogP contribution in [0.3, 0.4) is 0 Å². The van der Waals surface area contributed by atoms with Crippen molar-refractivity contribution >= 4 is 31.9 Å². The minimum atomic E-state index is 0.635. The molecular weight excluding hydrogens is 488 g/mol. The normalized spacial score (nSPS) is 10.8. The maximum Gasteiger partial charge on any atom is 0.180 e. The molecule has 28 heavy (non-hydrogen) atoms. The molecule has 6 heteroatoms. The molecule has 0 aliphatic rings. The third-order valence-electron chi connectivity index (χ3n) is 4.19. The Kier molecular flexibility index (Phi) is 13.8. The molecule has 0 aromatic heterocycles. The Hall–Kier alpha value is -0.620. The smallest absolute Gasteiger partial charge is 0.180 e. The van der Waals surface area contributed by atoms with Crippen molar-refractivity contribution in [3.05, 3.63) is 8.95 Å². The topological polar surface area (TPSA) is 36.9 Å². The van der Waals surface area contributed by atoms with Crippen molar-refractivity contribution in [3.63, 3.8) is 0 Å². The van der Waals surface area contributed by atoms with E-state index in [4.69, 9.17) is 18.9 Å². The molecule has 0 fully saturated rings. The van der Waals surface area contributed by atoms with E-state index in [2.05, 4.69) is 59.6 Å². The number of hydrogen-bond donors (Lipinski definition) is 0. The fourth-order valence-electron chi connectivity index (χ4n) is 2.39. The van der Waals surface area contributed by atoms with E-state index in [-0.39, 0.29) is 0 Å². The minimum absolute atomic E-state index is 0.635. The van der Waals surface area contributed by atoms with Crippen molar-refractivity contribution < 1.29 is 18.9 Å². The maximum absolute atomic E-state index is 6.11. The van der Waals surface area contributed by atoms with E-state index in [1.165, 1.54) is 0 Å². The van der Waals surface area contributed by atoms with E-state index >= 15 is 0 Å². The second kappa shape index (κ2) is 15.3. The van der Waals surface area contributed by atoms with Crippen molar-refractivity contribution in [2.24, 2.45) is 0 Å². The zero-order valence-electron chi connectivity index (χ0n) is 17.9. The predicted octanol–water partition coefficient (Wildman–Crippen LogP) is 7.93. The monoisotopic (exact) mass is 522 g/mol. The summed E-state index contributed by atoms with van der Waals surface area (Å²) in [6, 6.07) is 0. The van der Waals surface area contributed by atoms with E-state index < -0.39 is 0 Å². The minimum Gasteiger partial charge on any atom is -0.488 e. The number of ether oxygens (including phenoxy) is 4. The molecule has 4 nitrogen and oxygen atoms in total. The summed E-state index contributed by atoms with van der Waals surface area (Å²) in [6.45, 7) is 11.1. The van der Waals surface area contributed by atoms with E-state index in [0.717, 1.165) is 60.3 Å². The quantitative estimate of drug-likeness (QED) is 0.206. The van der Waals surface area contributed by atoms with Crippen molar-refractivity contribution in [1.29, 1.82) is 0 Å². The van der Waals surface area contributed by atoms with E-state index in [1.54, 1.807) is 0 Å². The van der Waals surface area contributed by atoms with Crippen LogP contribution in [-0.2, 0) is 0 Å². The van der Waals surface area contributed by atoms with Crippen LogP contribution < -0.4 is 18.9 Å². The van der Waals surface area contributed by atoms with Gasteiger partial charge in [-0.25, -0.2) is 0 Å². The Morgan fingerprint density at radius 2 is 0.679 bits per heavy atom. The highest BCUT2D eigenvalue weighted by Gasteiger charge is 2.26. The van der Waals surface area contributed by atoms with Crippen molar-refractivity contribution in [3.8, 4) is 23.0 Å². The van der Waals surface area contributed by atoms with Gasteiger partial charge in [-0.05, 0) is 57.5 Å². The van der Waals surface area contributed by atoms with Crippen LogP contribution in [0.2, 0.25) is 0 Å². The lowest BCUT2D eigenvalue weighted by Crippen LogP contribution is -2.08. The molecule has 1 aromatic carbocycles. The molecule has 0 spiro atoms. The Morgan fingerprint density at radius 3 is 0.857 bits per heavy atom. The molecule has 0 heterocycles. The zero-order valence-corrected chi connectivity index (χ0v) is 21.0. The van der Waals surface area contributed by atoms with Crippen LogP contribution in [-0.4, -0.2) is 26.4 Å². The molecule has 0 aliphatic heterocycles. The van der Waals surface area contributed by atoms with Gasteiger partial charge >= 0.3 is 0 Å². The molecule has 0 radical (unpaired) electrons. The molecule has 0 saturated carbocycles. The van der Waals surface area contributed by atoms with Crippen molar-refractivity contribution in [2.75, 3.05) is 26.4 Å². The summed E-state index contributed by atoms with van der Waals surface area (Å²) in [5.74, 6) is 2.74. The fraction of sp³-hybridized carbons (Fsp3) is 0.727. The highest BCUT2D eigenvalue weighted by molar-refractivity contribution is 9.11. The summed E-state index contributed by atoms with van der Waals surface area (Å²) in [7, 11) is 0. The Morgan fingerprint density at radius 1 is 0.464 bits per heavy atom. The van der Waals surface area contributed by atoms with Gasteiger partial charge in [0.1, 0.15) is 8.95 Å². The molecular formula is C22H36Br2O4. The molecule has 0 saturated heterocycles. The molecule has 1 rings (SSSR count). The first-order valence-electron chi connectivity index (χ1n) is 10.7. The molecule has 1 aromatic rings. The molecule has 0 amide bonds. The van der Waals surface area contributed by atoms with Gasteiger partial charge in [0.2, 0.25) is 0 Å². The lowest BCUT2D eigenvalue weighted by molar-refractivity contribution is 0.237. The Labute approximate surface area is 187 Å². The van der Waals surface area contributed by atoms with Crippen LogP contribution in [0.15, 0.2) is 8.95 Å². The summed E-state index contributed by atoms with van der Waals surface area (Å²) < 4.78 is 26.0.